The van der Waals surface area contributed by atoms with Crippen LogP contribution in [0.15, 0.2) is 59.5 Å². The third-order valence-electron chi connectivity index (χ3n) is 3.94. The van der Waals surface area contributed by atoms with Gasteiger partial charge in [0, 0.05) is 50.9 Å². The molecule has 1 aromatic carbocycles. The first-order valence-corrected chi connectivity index (χ1v) is 9.25. The van der Waals surface area contributed by atoms with Gasteiger partial charge < -0.3 is 15.6 Å². The van der Waals surface area contributed by atoms with Gasteiger partial charge in [0.05, 0.1) is 0 Å². The van der Waals surface area contributed by atoms with Crippen molar-refractivity contribution >= 4 is 57.1 Å². The third kappa shape index (κ3) is 3.80. The molecule has 0 bridgehead atoms. The Morgan fingerprint density at radius 1 is 1.24 bits per heavy atom. The zero-order valence-electron chi connectivity index (χ0n) is 13.1. The summed E-state index contributed by atoms with van der Waals surface area (Å²) >= 11 is 8.18. The molecule has 3 aromatic rings. The van der Waals surface area contributed by atoms with Gasteiger partial charge in [-0.3, -0.25) is 0 Å². The highest BCUT2D eigenvalue weighted by molar-refractivity contribution is 14.1. The third-order valence-corrected chi connectivity index (χ3v) is 4.78. The highest BCUT2D eigenvalue weighted by Crippen LogP contribution is 2.21. The zero-order valence-corrected chi connectivity index (χ0v) is 16.0. The zero-order chi connectivity index (χ0) is 17.2. The smallest absolute Gasteiger partial charge is 0.193 e. The topological polar surface area (TPSA) is 65.1 Å². The summed E-state index contributed by atoms with van der Waals surface area (Å²) in [5.74, 6) is 0. The van der Waals surface area contributed by atoms with Gasteiger partial charge in [0.25, 0.3) is 0 Å². The highest BCUT2D eigenvalue weighted by atomic mass is 127. The Bertz CT molecular complexity index is 961. The van der Waals surface area contributed by atoms with Crippen LogP contribution in [-0.4, -0.2) is 22.5 Å². The molecule has 4 rings (SSSR count). The quantitative estimate of drug-likeness (QED) is 0.505. The summed E-state index contributed by atoms with van der Waals surface area (Å²) in [5.41, 5.74) is 4.21. The maximum Gasteiger partial charge on any atom is 0.193 e. The van der Waals surface area contributed by atoms with E-state index in [1.54, 1.807) is 0 Å². The van der Waals surface area contributed by atoms with Gasteiger partial charge in [0.2, 0.25) is 0 Å². The summed E-state index contributed by atoms with van der Waals surface area (Å²) in [6.45, 7) is 0. The number of fused-ring (bicyclic) bond motifs is 1. The molecule has 1 aliphatic rings. The Labute approximate surface area is 163 Å². The number of aromatic amines is 1. The van der Waals surface area contributed by atoms with Gasteiger partial charge in [-0.2, -0.15) is 0 Å². The van der Waals surface area contributed by atoms with Crippen LogP contribution >= 0.6 is 34.2 Å². The molecule has 25 heavy (non-hydrogen) atoms. The van der Waals surface area contributed by atoms with Crippen LogP contribution in [0.1, 0.15) is 5.56 Å². The monoisotopic (exact) mass is 463 g/mol. The standard InChI is InChI=1S/C18H15ClIN5/c19-13-1-3-15(4-2-13)25-18-23-7-11(8-24-18)5-12-9-21-17-16(12)6-14(20)10-22-17/h1-4,6-10,18,23,25H,5H2,(H,21,22). The fraction of sp³-hybridized carbons (Fsp3) is 0.111. The van der Waals surface area contributed by atoms with Crippen LogP contribution in [0.3, 0.4) is 0 Å². The molecular weight excluding hydrogens is 449 g/mol. The number of hydrogen-bond donors (Lipinski definition) is 3. The second kappa shape index (κ2) is 7.05. The van der Waals surface area contributed by atoms with Crippen molar-refractivity contribution in [1.29, 1.82) is 0 Å². The van der Waals surface area contributed by atoms with Crippen molar-refractivity contribution in [2.75, 3.05) is 5.32 Å². The number of aliphatic imine (C=N–C) groups is 1. The summed E-state index contributed by atoms with van der Waals surface area (Å²) in [6.07, 6.45) is 8.40. The number of nitrogens with one attached hydrogen (secondary N) is 3. The lowest BCUT2D eigenvalue weighted by atomic mass is 10.1. The molecule has 7 heteroatoms. The van der Waals surface area contributed by atoms with Crippen molar-refractivity contribution in [3.05, 3.63) is 68.7 Å². The van der Waals surface area contributed by atoms with E-state index in [0.29, 0.717) is 0 Å². The van der Waals surface area contributed by atoms with Crippen molar-refractivity contribution < 1.29 is 0 Å². The molecule has 0 amide bonds. The second-order valence-corrected chi connectivity index (χ2v) is 7.44. The van der Waals surface area contributed by atoms with Crippen LogP contribution in [0.25, 0.3) is 11.0 Å². The number of pyridine rings is 1. The first-order chi connectivity index (χ1) is 12.2. The molecule has 2 aromatic heterocycles. The van der Waals surface area contributed by atoms with E-state index in [1.165, 1.54) is 5.56 Å². The molecule has 3 heterocycles. The van der Waals surface area contributed by atoms with Gasteiger partial charge in [-0.25, -0.2) is 9.98 Å². The molecule has 0 fully saturated rings. The minimum Gasteiger partial charge on any atom is -0.353 e. The van der Waals surface area contributed by atoms with Crippen molar-refractivity contribution in [3.63, 3.8) is 0 Å². The number of aromatic nitrogens is 2. The average Bonchev–Trinajstić information content (AvgIpc) is 3.01. The molecule has 0 radical (unpaired) electrons. The summed E-state index contributed by atoms with van der Waals surface area (Å²) in [5, 5.41) is 8.44. The lowest BCUT2D eigenvalue weighted by molar-refractivity contribution is 0.677. The molecule has 1 atom stereocenters. The van der Waals surface area contributed by atoms with Gasteiger partial charge in [-0.15, -0.1) is 0 Å². The number of rotatable bonds is 4. The van der Waals surface area contributed by atoms with Gasteiger partial charge in [-0.1, -0.05) is 11.6 Å². The van der Waals surface area contributed by atoms with E-state index in [-0.39, 0.29) is 6.29 Å². The summed E-state index contributed by atoms with van der Waals surface area (Å²) in [6, 6.07) is 9.71. The molecule has 1 aliphatic heterocycles. The number of halogens is 2. The summed E-state index contributed by atoms with van der Waals surface area (Å²) in [7, 11) is 0. The number of allylic oxidation sites excluding steroid dienone is 1. The summed E-state index contributed by atoms with van der Waals surface area (Å²) in [4.78, 5) is 12.2. The van der Waals surface area contributed by atoms with E-state index in [2.05, 4.69) is 54.3 Å². The largest absolute Gasteiger partial charge is 0.353 e. The predicted octanol–water partition coefficient (Wildman–Crippen LogP) is 4.32. The number of nitrogens with zero attached hydrogens (tertiary/aromatic N) is 2. The van der Waals surface area contributed by atoms with Crippen LogP contribution in [-0.2, 0) is 6.42 Å². The molecule has 0 aliphatic carbocycles. The Morgan fingerprint density at radius 3 is 2.84 bits per heavy atom. The van der Waals surface area contributed by atoms with Crippen LogP contribution in [0.4, 0.5) is 5.69 Å². The number of hydrogen-bond acceptors (Lipinski definition) is 4. The fourth-order valence-electron chi connectivity index (χ4n) is 2.71. The molecule has 1 unspecified atom stereocenters. The average molecular weight is 464 g/mol. The van der Waals surface area contributed by atoms with Crippen LogP contribution in [0.2, 0.25) is 5.02 Å². The molecule has 126 valence electrons. The first-order valence-electron chi connectivity index (χ1n) is 7.79. The van der Waals surface area contributed by atoms with Gasteiger partial charge in [0.15, 0.2) is 6.29 Å². The predicted molar refractivity (Wildman–Crippen MR) is 111 cm³/mol. The molecule has 3 N–H and O–H groups in total. The lowest BCUT2D eigenvalue weighted by Crippen LogP contribution is -2.33. The van der Waals surface area contributed by atoms with Crippen molar-refractivity contribution in [2.45, 2.75) is 12.7 Å². The SMILES string of the molecule is Clc1ccc(NC2N=CC(Cc3c[nH]c4ncc(I)cc34)=CN2)cc1. The first kappa shape index (κ1) is 16.4. The number of anilines is 1. The van der Waals surface area contributed by atoms with Crippen molar-refractivity contribution in [3.8, 4) is 0 Å². The van der Waals surface area contributed by atoms with Gasteiger partial charge in [-0.05, 0) is 64.1 Å². The Kier molecular flexibility index (Phi) is 4.63. The molecule has 0 spiro atoms. The Morgan fingerprint density at radius 2 is 2.08 bits per heavy atom. The van der Waals surface area contributed by atoms with Gasteiger partial charge >= 0.3 is 0 Å². The maximum absolute atomic E-state index is 5.90. The molecular formula is C18H15ClIN5. The molecule has 0 saturated carbocycles. The van der Waals surface area contributed by atoms with E-state index in [0.717, 1.165) is 37.3 Å². The van der Waals surface area contributed by atoms with E-state index in [4.69, 9.17) is 11.6 Å². The number of H-pyrrole nitrogens is 1. The maximum atomic E-state index is 5.90. The van der Waals surface area contributed by atoms with Crippen molar-refractivity contribution in [1.82, 2.24) is 15.3 Å². The minimum absolute atomic E-state index is 0.185. The molecule has 0 saturated heterocycles. The fourth-order valence-corrected chi connectivity index (χ4v) is 3.29. The van der Waals surface area contributed by atoms with E-state index < -0.39 is 0 Å². The highest BCUT2D eigenvalue weighted by Gasteiger charge is 2.11. The number of benzene rings is 1. The Hall–Kier alpha value is -2.06. The Balaban J connectivity index is 1.43. The van der Waals surface area contributed by atoms with Crippen LogP contribution in [0, 0.1) is 3.57 Å². The minimum atomic E-state index is -0.185. The van der Waals surface area contributed by atoms with Crippen LogP contribution in [0.5, 0.6) is 0 Å². The van der Waals surface area contributed by atoms with Crippen molar-refractivity contribution in [2.24, 2.45) is 4.99 Å². The second-order valence-electron chi connectivity index (χ2n) is 5.76. The summed E-state index contributed by atoms with van der Waals surface area (Å²) < 4.78 is 1.13. The lowest BCUT2D eigenvalue weighted by Gasteiger charge is -2.20. The van der Waals surface area contributed by atoms with Gasteiger partial charge in [0.1, 0.15) is 5.65 Å². The van der Waals surface area contributed by atoms with E-state index in [9.17, 15) is 0 Å². The van der Waals surface area contributed by atoms with E-state index in [1.807, 2.05) is 49.1 Å². The van der Waals surface area contributed by atoms with E-state index >= 15 is 0 Å². The normalized spacial score (nSPS) is 16.6. The van der Waals surface area contributed by atoms with Crippen LogP contribution < -0.4 is 10.6 Å². The molecule has 5 nitrogen and oxygen atoms in total.